The minimum absolute atomic E-state index is 0. The second kappa shape index (κ2) is 4.11. The van der Waals surface area contributed by atoms with Crippen molar-refractivity contribution in [3.05, 3.63) is 35.9 Å². The summed E-state index contributed by atoms with van der Waals surface area (Å²) in [5.41, 5.74) is 0.0463. The van der Waals surface area contributed by atoms with E-state index in [4.69, 9.17) is 15.3 Å². The van der Waals surface area contributed by atoms with E-state index in [-0.39, 0.29) is 11.0 Å². The molecule has 0 atom stereocenters. The predicted molar refractivity (Wildman–Crippen MR) is 43.8 cm³/mol. The molecule has 0 aliphatic heterocycles. The van der Waals surface area contributed by atoms with Gasteiger partial charge < -0.3 is 20.8 Å². The van der Waals surface area contributed by atoms with Crippen LogP contribution in [0.3, 0.4) is 0 Å². The maximum atomic E-state index is 10.9. The second-order valence-electron chi connectivity index (χ2n) is 2.33. The first-order chi connectivity index (χ1) is 5.52. The molecular weight excluding hydrogens is 176 g/mol. The highest BCUT2D eigenvalue weighted by atomic mass is 16.7. The lowest BCUT2D eigenvalue weighted by Crippen LogP contribution is -2.37. The molecule has 0 amide bonds. The molecule has 1 rings (SSSR count). The van der Waals surface area contributed by atoms with Crippen LogP contribution in [-0.4, -0.2) is 32.6 Å². The summed E-state index contributed by atoms with van der Waals surface area (Å²) in [4.78, 5) is 10.9. The molecule has 0 bridgehead atoms. The molecule has 13 heavy (non-hydrogen) atoms. The molecule has 0 saturated heterocycles. The summed E-state index contributed by atoms with van der Waals surface area (Å²) in [6, 6.07) is 7.53. The molecule has 0 aliphatic carbocycles. The number of hydrogen-bond donors (Lipinski definition) is 3. The third-order valence-corrected chi connectivity index (χ3v) is 1.34. The van der Waals surface area contributed by atoms with Crippen molar-refractivity contribution in [1.82, 2.24) is 0 Å². The van der Waals surface area contributed by atoms with Gasteiger partial charge in [0.1, 0.15) is 0 Å². The van der Waals surface area contributed by atoms with Gasteiger partial charge in [-0.25, -0.2) is 0 Å². The van der Waals surface area contributed by atoms with Crippen LogP contribution in [0.1, 0.15) is 10.4 Å². The Morgan fingerprint density at radius 2 is 1.54 bits per heavy atom. The lowest BCUT2D eigenvalue weighted by Gasteiger charge is -2.11. The summed E-state index contributed by atoms with van der Waals surface area (Å²) in [5, 5.41) is 25.5. The molecule has 0 fully saturated rings. The molecule has 0 aromatic heterocycles. The van der Waals surface area contributed by atoms with E-state index in [2.05, 4.69) is 0 Å². The molecule has 0 saturated carbocycles. The van der Waals surface area contributed by atoms with Crippen LogP contribution in [-0.2, 0) is 0 Å². The Balaban J connectivity index is 0.00000144. The molecule has 5 nitrogen and oxygen atoms in total. The first-order valence-corrected chi connectivity index (χ1v) is 3.29. The van der Waals surface area contributed by atoms with Crippen molar-refractivity contribution in [3.63, 3.8) is 0 Å². The van der Waals surface area contributed by atoms with Crippen molar-refractivity contribution in [1.29, 1.82) is 0 Å². The monoisotopic (exact) mass is 186 g/mol. The minimum atomic E-state index is -3.28. The zero-order valence-electron chi connectivity index (χ0n) is 6.64. The molecule has 5 N–H and O–H groups in total. The quantitative estimate of drug-likeness (QED) is 0.393. The maximum Gasteiger partial charge on any atom is 0.344 e. The van der Waals surface area contributed by atoms with E-state index in [1.165, 1.54) is 12.1 Å². The van der Waals surface area contributed by atoms with Crippen LogP contribution in [0, 0.1) is 0 Å². The van der Waals surface area contributed by atoms with E-state index in [0.29, 0.717) is 0 Å². The van der Waals surface area contributed by atoms with E-state index >= 15 is 0 Å². The van der Waals surface area contributed by atoms with E-state index in [9.17, 15) is 4.79 Å². The van der Waals surface area contributed by atoms with E-state index < -0.39 is 11.8 Å². The van der Waals surface area contributed by atoms with Crippen LogP contribution in [0.2, 0.25) is 0 Å². The molecule has 1 aromatic carbocycles. The number of Topliss-reactive ketones (excluding diaryl/α,β-unsaturated/α-hetero) is 1. The lowest BCUT2D eigenvalue weighted by molar-refractivity contribution is -0.267. The first kappa shape index (κ1) is 11.7. The molecular formula is C8H10O5. The topological polar surface area (TPSA) is 109 Å². The van der Waals surface area contributed by atoms with Crippen LogP contribution < -0.4 is 0 Å². The summed E-state index contributed by atoms with van der Waals surface area (Å²) in [6.45, 7) is 0. The maximum absolute atomic E-state index is 10.9. The van der Waals surface area contributed by atoms with Gasteiger partial charge in [0.25, 0.3) is 5.78 Å². The van der Waals surface area contributed by atoms with Gasteiger partial charge in [0.05, 0.1) is 0 Å². The lowest BCUT2D eigenvalue weighted by atomic mass is 10.1. The average Bonchev–Trinajstić information content (AvgIpc) is 2.03. The summed E-state index contributed by atoms with van der Waals surface area (Å²) >= 11 is 0. The van der Waals surface area contributed by atoms with Crippen molar-refractivity contribution >= 4 is 5.78 Å². The molecule has 0 spiro atoms. The van der Waals surface area contributed by atoms with E-state index in [1.54, 1.807) is 18.2 Å². The van der Waals surface area contributed by atoms with Crippen LogP contribution in [0.5, 0.6) is 0 Å². The number of rotatable bonds is 2. The fraction of sp³-hybridized carbons (Fsp3) is 0.125. The van der Waals surface area contributed by atoms with Gasteiger partial charge in [-0.3, -0.25) is 4.79 Å². The van der Waals surface area contributed by atoms with Gasteiger partial charge in [-0.05, 0) is 0 Å². The van der Waals surface area contributed by atoms with E-state index in [1.807, 2.05) is 0 Å². The minimum Gasteiger partial charge on any atom is -0.412 e. The SMILES string of the molecule is O.O=C(c1ccccc1)C(O)(O)O. The van der Waals surface area contributed by atoms with Crippen LogP contribution in [0.15, 0.2) is 30.3 Å². The molecule has 0 radical (unpaired) electrons. The smallest absolute Gasteiger partial charge is 0.344 e. The number of carbonyl (C=O) groups is 1. The highest BCUT2D eigenvalue weighted by Gasteiger charge is 2.30. The highest BCUT2D eigenvalue weighted by Crippen LogP contribution is 2.07. The molecule has 0 heterocycles. The van der Waals surface area contributed by atoms with Crippen LogP contribution in [0.4, 0.5) is 0 Å². The molecule has 1 aromatic rings. The Morgan fingerprint density at radius 3 is 1.92 bits per heavy atom. The normalized spacial score (nSPS) is 10.4. The summed E-state index contributed by atoms with van der Waals surface area (Å²) in [7, 11) is 0. The van der Waals surface area contributed by atoms with Crippen molar-refractivity contribution in [2.45, 2.75) is 5.97 Å². The molecule has 0 aliphatic rings. The van der Waals surface area contributed by atoms with Crippen molar-refractivity contribution in [3.8, 4) is 0 Å². The number of hydrogen-bond acceptors (Lipinski definition) is 4. The number of aliphatic hydroxyl groups is 3. The van der Waals surface area contributed by atoms with Crippen LogP contribution >= 0.6 is 0 Å². The Morgan fingerprint density at radius 1 is 1.08 bits per heavy atom. The van der Waals surface area contributed by atoms with E-state index in [0.717, 1.165) is 0 Å². The number of ketones is 1. The Kier molecular flexibility index (Phi) is 3.70. The van der Waals surface area contributed by atoms with Crippen molar-refractivity contribution in [2.75, 3.05) is 0 Å². The Hall–Kier alpha value is -1.27. The zero-order chi connectivity index (χ0) is 9.19. The third-order valence-electron chi connectivity index (χ3n) is 1.34. The van der Waals surface area contributed by atoms with Gasteiger partial charge >= 0.3 is 5.97 Å². The van der Waals surface area contributed by atoms with Gasteiger partial charge in [0, 0.05) is 5.56 Å². The highest BCUT2D eigenvalue weighted by molar-refractivity contribution is 5.99. The van der Waals surface area contributed by atoms with Crippen molar-refractivity contribution < 1.29 is 25.6 Å². The molecule has 72 valence electrons. The summed E-state index contributed by atoms with van der Waals surface area (Å²) in [6.07, 6.45) is 0. The van der Waals surface area contributed by atoms with Crippen molar-refractivity contribution in [2.24, 2.45) is 0 Å². The van der Waals surface area contributed by atoms with Gasteiger partial charge in [0.15, 0.2) is 0 Å². The Bertz CT molecular complexity index is 274. The first-order valence-electron chi connectivity index (χ1n) is 3.29. The second-order valence-corrected chi connectivity index (χ2v) is 2.33. The average molecular weight is 186 g/mol. The summed E-state index contributed by atoms with van der Waals surface area (Å²) < 4.78 is 0. The standard InChI is InChI=1S/C8H8O4.H2O/c9-7(8(10,11)12)6-4-2-1-3-5-6;/h1-5,10-12H;1H2. The summed E-state index contributed by atoms with van der Waals surface area (Å²) in [5.74, 6) is -4.41. The third kappa shape index (κ3) is 2.92. The van der Waals surface area contributed by atoms with Gasteiger partial charge in [-0.1, -0.05) is 30.3 Å². The number of benzene rings is 1. The molecule has 0 unspecified atom stereocenters. The fourth-order valence-corrected chi connectivity index (χ4v) is 0.783. The Labute approximate surface area is 74.2 Å². The fourth-order valence-electron chi connectivity index (χ4n) is 0.783. The molecule has 5 heteroatoms. The zero-order valence-corrected chi connectivity index (χ0v) is 6.64. The largest absolute Gasteiger partial charge is 0.412 e. The van der Waals surface area contributed by atoms with Crippen LogP contribution in [0.25, 0.3) is 0 Å². The predicted octanol–water partition coefficient (Wildman–Crippen LogP) is -1.32. The van der Waals surface area contributed by atoms with Gasteiger partial charge in [-0.15, -0.1) is 0 Å². The van der Waals surface area contributed by atoms with Gasteiger partial charge in [0.2, 0.25) is 0 Å². The number of carbonyl (C=O) groups excluding carboxylic acids is 1. The van der Waals surface area contributed by atoms with Gasteiger partial charge in [-0.2, -0.15) is 0 Å².